The number of pyridine rings is 1. The molecule has 0 aliphatic carbocycles. The molecule has 1 atom stereocenters. The van der Waals surface area contributed by atoms with E-state index in [1.165, 1.54) is 30.7 Å². The van der Waals surface area contributed by atoms with Gasteiger partial charge in [0.25, 0.3) is 0 Å². The Labute approximate surface area is 129 Å². The summed E-state index contributed by atoms with van der Waals surface area (Å²) in [7, 11) is 0. The molecule has 0 aromatic carbocycles. The van der Waals surface area contributed by atoms with Gasteiger partial charge < -0.3 is 10.2 Å². The molecule has 6 heteroatoms. The molecule has 1 N–H and O–H groups in total. The van der Waals surface area contributed by atoms with Crippen LogP contribution in [0.2, 0.25) is 0 Å². The molecule has 5 nitrogen and oxygen atoms in total. The van der Waals surface area contributed by atoms with Crippen molar-refractivity contribution >= 4 is 23.1 Å². The van der Waals surface area contributed by atoms with Gasteiger partial charge in [0.15, 0.2) is 11.5 Å². The van der Waals surface area contributed by atoms with Crippen LogP contribution >= 0.6 is 11.8 Å². The van der Waals surface area contributed by atoms with Crippen LogP contribution in [-0.2, 0) is 0 Å². The average molecular weight is 303 g/mol. The van der Waals surface area contributed by atoms with Gasteiger partial charge in [-0.05, 0) is 24.7 Å². The van der Waals surface area contributed by atoms with Crippen LogP contribution in [-0.4, -0.2) is 46.5 Å². The highest BCUT2D eigenvalue weighted by Gasteiger charge is 2.21. The van der Waals surface area contributed by atoms with Gasteiger partial charge in [0, 0.05) is 44.1 Å². The molecule has 112 valence electrons. The fraction of sp³-hybridized carbons (Fsp3) is 0.600. The topological polar surface area (TPSA) is 45.5 Å². The Morgan fingerprint density at radius 1 is 1.24 bits per heavy atom. The standard InChI is InChI=1S/C15H21N5S/c1-2-10-21-13(3-1)15-17-14-11-12(4-7-20(14)18-15)19-8-5-16-6-9-19/h4,7,11,13,16H,1-3,5-6,8-10H2. The molecule has 21 heavy (non-hydrogen) atoms. The summed E-state index contributed by atoms with van der Waals surface area (Å²) < 4.78 is 1.93. The zero-order valence-corrected chi connectivity index (χ0v) is 13.0. The van der Waals surface area contributed by atoms with E-state index in [1.807, 2.05) is 16.3 Å². The molecule has 2 aromatic heterocycles. The van der Waals surface area contributed by atoms with Crippen LogP contribution < -0.4 is 10.2 Å². The van der Waals surface area contributed by atoms with E-state index in [1.54, 1.807) is 0 Å². The Kier molecular flexibility index (Phi) is 3.73. The highest BCUT2D eigenvalue weighted by Crippen LogP contribution is 2.36. The lowest BCUT2D eigenvalue weighted by Crippen LogP contribution is -2.43. The summed E-state index contributed by atoms with van der Waals surface area (Å²) in [5.41, 5.74) is 2.24. The molecule has 2 aromatic rings. The number of thioether (sulfide) groups is 1. The van der Waals surface area contributed by atoms with Crippen LogP contribution in [0.25, 0.3) is 5.65 Å². The number of rotatable bonds is 2. The number of hydrogen-bond acceptors (Lipinski definition) is 5. The van der Waals surface area contributed by atoms with Gasteiger partial charge in [-0.1, -0.05) is 6.42 Å². The van der Waals surface area contributed by atoms with Crippen molar-refractivity contribution in [1.82, 2.24) is 19.9 Å². The van der Waals surface area contributed by atoms with E-state index in [4.69, 9.17) is 4.98 Å². The molecule has 4 heterocycles. The molecule has 0 spiro atoms. The fourth-order valence-corrected chi connectivity index (χ4v) is 4.33. The number of aromatic nitrogens is 3. The Morgan fingerprint density at radius 3 is 2.95 bits per heavy atom. The largest absolute Gasteiger partial charge is 0.369 e. The predicted octanol–water partition coefficient (Wildman–Crippen LogP) is 2.10. The van der Waals surface area contributed by atoms with Crippen LogP contribution in [0.15, 0.2) is 18.3 Å². The smallest absolute Gasteiger partial charge is 0.164 e. The fourth-order valence-electron chi connectivity index (χ4n) is 3.09. The van der Waals surface area contributed by atoms with Crippen LogP contribution in [0.3, 0.4) is 0 Å². The van der Waals surface area contributed by atoms with Gasteiger partial charge in [0.1, 0.15) is 0 Å². The SMILES string of the molecule is c1cn2nc(C3CCCCS3)nc2cc1N1CCNCC1. The van der Waals surface area contributed by atoms with Crippen LogP contribution in [0.1, 0.15) is 30.3 Å². The summed E-state index contributed by atoms with van der Waals surface area (Å²) in [4.78, 5) is 7.20. The van der Waals surface area contributed by atoms with Gasteiger partial charge >= 0.3 is 0 Å². The molecule has 0 saturated carbocycles. The lowest BCUT2D eigenvalue weighted by atomic mass is 10.2. The number of nitrogens with one attached hydrogen (secondary N) is 1. The minimum Gasteiger partial charge on any atom is -0.369 e. The lowest BCUT2D eigenvalue weighted by molar-refractivity contribution is 0.589. The number of anilines is 1. The van der Waals surface area contributed by atoms with E-state index in [9.17, 15) is 0 Å². The molecule has 2 saturated heterocycles. The molecule has 1 unspecified atom stereocenters. The minimum atomic E-state index is 0.487. The van der Waals surface area contributed by atoms with Crippen LogP contribution in [0, 0.1) is 0 Å². The molecule has 4 rings (SSSR count). The monoisotopic (exact) mass is 303 g/mol. The van der Waals surface area contributed by atoms with Gasteiger partial charge in [0.05, 0.1) is 5.25 Å². The van der Waals surface area contributed by atoms with E-state index in [0.717, 1.165) is 37.7 Å². The lowest BCUT2D eigenvalue weighted by Gasteiger charge is -2.29. The second-order valence-electron chi connectivity index (χ2n) is 5.75. The quantitative estimate of drug-likeness (QED) is 0.920. The van der Waals surface area contributed by atoms with Crippen molar-refractivity contribution in [2.24, 2.45) is 0 Å². The maximum absolute atomic E-state index is 4.78. The first-order chi connectivity index (χ1) is 10.4. The molecule has 2 aliphatic rings. The molecule has 2 fully saturated rings. The van der Waals surface area contributed by atoms with Gasteiger partial charge in [-0.3, -0.25) is 0 Å². The van der Waals surface area contributed by atoms with E-state index in [-0.39, 0.29) is 0 Å². The van der Waals surface area contributed by atoms with E-state index < -0.39 is 0 Å². The maximum atomic E-state index is 4.78. The Balaban J connectivity index is 1.61. The molecule has 0 bridgehead atoms. The van der Waals surface area contributed by atoms with Crippen molar-refractivity contribution in [3.8, 4) is 0 Å². The highest BCUT2D eigenvalue weighted by molar-refractivity contribution is 7.99. The number of hydrogen-bond donors (Lipinski definition) is 1. The first-order valence-electron chi connectivity index (χ1n) is 7.84. The van der Waals surface area contributed by atoms with Gasteiger partial charge in [-0.2, -0.15) is 16.9 Å². The normalized spacial score (nSPS) is 23.6. The first kappa shape index (κ1) is 13.4. The number of fused-ring (bicyclic) bond motifs is 1. The Bertz CT molecular complexity index is 598. The van der Waals surface area contributed by atoms with Crippen molar-refractivity contribution in [3.63, 3.8) is 0 Å². The maximum Gasteiger partial charge on any atom is 0.164 e. The average Bonchev–Trinajstić information content (AvgIpc) is 2.99. The van der Waals surface area contributed by atoms with E-state index >= 15 is 0 Å². The second-order valence-corrected chi connectivity index (χ2v) is 7.06. The number of nitrogens with zero attached hydrogens (tertiary/aromatic N) is 4. The number of piperazine rings is 1. The van der Waals surface area contributed by atoms with Crippen molar-refractivity contribution < 1.29 is 0 Å². The van der Waals surface area contributed by atoms with E-state index in [2.05, 4.69) is 33.6 Å². The third kappa shape index (κ3) is 2.74. The van der Waals surface area contributed by atoms with Gasteiger partial charge in [-0.25, -0.2) is 9.50 Å². The second kappa shape index (κ2) is 5.85. The highest BCUT2D eigenvalue weighted by atomic mass is 32.2. The first-order valence-corrected chi connectivity index (χ1v) is 8.89. The zero-order chi connectivity index (χ0) is 14.1. The van der Waals surface area contributed by atoms with Crippen molar-refractivity contribution in [1.29, 1.82) is 0 Å². The Morgan fingerprint density at radius 2 is 2.14 bits per heavy atom. The zero-order valence-electron chi connectivity index (χ0n) is 12.2. The summed E-state index contributed by atoms with van der Waals surface area (Å²) in [6.07, 6.45) is 5.91. The third-order valence-electron chi connectivity index (χ3n) is 4.29. The molecule has 0 radical (unpaired) electrons. The third-order valence-corrected chi connectivity index (χ3v) is 5.66. The van der Waals surface area contributed by atoms with Gasteiger partial charge in [-0.15, -0.1) is 0 Å². The summed E-state index contributed by atoms with van der Waals surface area (Å²) in [5.74, 6) is 2.25. The van der Waals surface area contributed by atoms with Crippen LogP contribution in [0.5, 0.6) is 0 Å². The van der Waals surface area contributed by atoms with Crippen molar-refractivity contribution in [2.75, 3.05) is 36.8 Å². The summed E-state index contributed by atoms with van der Waals surface area (Å²) in [6, 6.07) is 4.33. The molecule has 2 aliphatic heterocycles. The Hall–Kier alpha value is -1.27. The predicted molar refractivity (Wildman–Crippen MR) is 87.1 cm³/mol. The molecule has 0 amide bonds. The van der Waals surface area contributed by atoms with E-state index in [0.29, 0.717) is 5.25 Å². The molecular weight excluding hydrogens is 282 g/mol. The van der Waals surface area contributed by atoms with Crippen molar-refractivity contribution in [3.05, 3.63) is 24.2 Å². The summed E-state index contributed by atoms with van der Waals surface area (Å²) >= 11 is 2.01. The van der Waals surface area contributed by atoms with Gasteiger partial charge in [0.2, 0.25) is 0 Å². The van der Waals surface area contributed by atoms with Crippen LogP contribution in [0.4, 0.5) is 5.69 Å². The minimum absolute atomic E-state index is 0.487. The summed E-state index contributed by atoms with van der Waals surface area (Å²) in [6.45, 7) is 4.24. The molecular formula is C15H21N5S. The summed E-state index contributed by atoms with van der Waals surface area (Å²) in [5, 5.41) is 8.55. The van der Waals surface area contributed by atoms with Crippen molar-refractivity contribution in [2.45, 2.75) is 24.5 Å².